The average Bonchev–Trinajstić information content (AvgIpc) is 2.85. The average molecular weight is 428 g/mol. The molecule has 30 heavy (non-hydrogen) atoms. The first kappa shape index (κ1) is 19.7. The van der Waals surface area contributed by atoms with E-state index in [1.54, 1.807) is 31.2 Å². The number of para-hydroxylation sites is 2. The van der Waals surface area contributed by atoms with E-state index in [0.29, 0.717) is 11.4 Å². The van der Waals surface area contributed by atoms with Gasteiger partial charge in [-0.25, -0.2) is 12.8 Å². The lowest BCUT2D eigenvalue weighted by Crippen LogP contribution is -2.15. The highest BCUT2D eigenvalue weighted by atomic mass is 32.2. The fourth-order valence-corrected chi connectivity index (χ4v) is 4.02. The zero-order valence-corrected chi connectivity index (χ0v) is 16.6. The molecular weight excluding hydrogens is 411 g/mol. The lowest BCUT2D eigenvalue weighted by molar-refractivity contribution is 0.102. The van der Waals surface area contributed by atoms with Crippen molar-refractivity contribution in [1.82, 2.24) is 0 Å². The second-order valence-corrected chi connectivity index (χ2v) is 8.08. The molecule has 3 aromatic carbocycles. The molecule has 154 valence electrons. The number of benzene rings is 3. The molecule has 0 radical (unpaired) electrons. The van der Waals surface area contributed by atoms with Crippen LogP contribution >= 0.6 is 0 Å². The number of amides is 1. The Balaban J connectivity index is 1.63. The van der Waals surface area contributed by atoms with Crippen molar-refractivity contribution < 1.29 is 27.1 Å². The summed E-state index contributed by atoms with van der Waals surface area (Å²) in [5.41, 5.74) is 0.794. The molecule has 0 unspecified atom stereocenters. The zero-order valence-electron chi connectivity index (χ0n) is 15.8. The quantitative estimate of drug-likeness (QED) is 0.629. The van der Waals surface area contributed by atoms with Crippen molar-refractivity contribution in [3.8, 4) is 17.2 Å². The minimum absolute atomic E-state index is 0.0325. The molecule has 1 aliphatic heterocycles. The Hall–Kier alpha value is -3.59. The van der Waals surface area contributed by atoms with Crippen LogP contribution in [0.15, 0.2) is 65.6 Å². The number of nitrogens with one attached hydrogen (secondary N) is 2. The standard InChI is InChI=1S/C21H17FN2O5S/c1-2-28-19-10-8-14(12-16(19)22)30(26,27)24-13-7-9-18-15(11-13)21(25)23-17-5-3-4-6-20(17)29-18/h3-12,24H,2H2,1H3,(H,23,25). The van der Waals surface area contributed by atoms with Crippen LogP contribution < -0.4 is 19.5 Å². The number of ether oxygens (including phenoxy) is 2. The molecule has 0 aliphatic carbocycles. The molecule has 4 rings (SSSR count). The fourth-order valence-electron chi connectivity index (χ4n) is 2.96. The van der Waals surface area contributed by atoms with Gasteiger partial charge < -0.3 is 14.8 Å². The number of hydrogen-bond acceptors (Lipinski definition) is 5. The van der Waals surface area contributed by atoms with Gasteiger partial charge in [-0.2, -0.15) is 0 Å². The predicted molar refractivity (Wildman–Crippen MR) is 109 cm³/mol. The Morgan fingerprint density at radius 3 is 2.63 bits per heavy atom. The van der Waals surface area contributed by atoms with Crippen molar-refractivity contribution in [1.29, 1.82) is 0 Å². The number of anilines is 2. The summed E-state index contributed by atoms with van der Waals surface area (Å²) in [5.74, 6) is -0.500. The largest absolute Gasteiger partial charge is 0.491 e. The normalized spacial score (nSPS) is 12.7. The van der Waals surface area contributed by atoms with Crippen molar-refractivity contribution in [3.63, 3.8) is 0 Å². The van der Waals surface area contributed by atoms with Gasteiger partial charge in [-0.15, -0.1) is 0 Å². The molecule has 9 heteroatoms. The Kier molecular flexibility index (Phi) is 5.04. The van der Waals surface area contributed by atoms with E-state index in [2.05, 4.69) is 10.0 Å². The van der Waals surface area contributed by atoms with E-state index in [0.717, 1.165) is 6.07 Å². The third-order valence-corrected chi connectivity index (χ3v) is 5.72. The molecule has 0 fully saturated rings. The highest BCUT2D eigenvalue weighted by Gasteiger charge is 2.23. The van der Waals surface area contributed by atoms with Crippen molar-refractivity contribution in [2.45, 2.75) is 11.8 Å². The molecule has 0 saturated heterocycles. The van der Waals surface area contributed by atoms with Crippen LogP contribution in [0, 0.1) is 5.82 Å². The van der Waals surface area contributed by atoms with Gasteiger partial charge in [0.25, 0.3) is 15.9 Å². The number of sulfonamides is 1. The van der Waals surface area contributed by atoms with Crippen LogP contribution in [0.25, 0.3) is 0 Å². The van der Waals surface area contributed by atoms with Gasteiger partial charge in [0, 0.05) is 5.69 Å². The summed E-state index contributed by atoms with van der Waals surface area (Å²) in [5, 5.41) is 2.72. The number of rotatable bonds is 5. The highest BCUT2D eigenvalue weighted by Crippen LogP contribution is 2.36. The van der Waals surface area contributed by atoms with Gasteiger partial charge in [-0.1, -0.05) is 12.1 Å². The summed E-state index contributed by atoms with van der Waals surface area (Å²) in [6, 6.07) is 14.6. The zero-order chi connectivity index (χ0) is 21.3. The first-order chi connectivity index (χ1) is 14.4. The molecule has 0 spiro atoms. The summed E-state index contributed by atoms with van der Waals surface area (Å²) in [4.78, 5) is 12.3. The molecular formula is C21H17FN2O5S. The van der Waals surface area contributed by atoms with Crippen LogP contribution in [0.3, 0.4) is 0 Å². The van der Waals surface area contributed by atoms with Gasteiger partial charge in [0.1, 0.15) is 5.75 Å². The second-order valence-electron chi connectivity index (χ2n) is 6.39. The first-order valence-corrected chi connectivity index (χ1v) is 10.5. The van der Waals surface area contributed by atoms with E-state index in [1.807, 2.05) is 0 Å². The van der Waals surface area contributed by atoms with Gasteiger partial charge >= 0.3 is 0 Å². The van der Waals surface area contributed by atoms with Crippen molar-refractivity contribution in [3.05, 3.63) is 72.0 Å². The first-order valence-electron chi connectivity index (χ1n) is 9.05. The molecule has 3 aromatic rings. The minimum Gasteiger partial charge on any atom is -0.491 e. The number of carbonyl (C=O) groups excluding carboxylic acids is 1. The van der Waals surface area contributed by atoms with E-state index in [9.17, 15) is 17.6 Å². The predicted octanol–water partition coefficient (Wildman–Crippen LogP) is 4.38. The molecule has 0 bridgehead atoms. The van der Waals surface area contributed by atoms with Crippen molar-refractivity contribution in [2.75, 3.05) is 16.6 Å². The number of hydrogen-bond donors (Lipinski definition) is 2. The summed E-state index contributed by atoms with van der Waals surface area (Å²) in [6.07, 6.45) is 0. The maximum atomic E-state index is 14.1. The Labute approximate surface area is 172 Å². The monoisotopic (exact) mass is 428 g/mol. The lowest BCUT2D eigenvalue weighted by atomic mass is 10.1. The second kappa shape index (κ2) is 7.68. The topological polar surface area (TPSA) is 93.7 Å². The smallest absolute Gasteiger partial charge is 0.262 e. The van der Waals surface area contributed by atoms with Crippen molar-refractivity contribution in [2.24, 2.45) is 0 Å². The molecule has 1 amide bonds. The SMILES string of the molecule is CCOc1ccc(S(=O)(=O)Nc2ccc3c(c2)C(=O)Nc2ccccc2O3)cc1F. The van der Waals surface area contributed by atoms with Crippen LogP contribution in [0.1, 0.15) is 17.3 Å². The van der Waals surface area contributed by atoms with Crippen LogP contribution in [0.5, 0.6) is 17.2 Å². The Bertz CT molecular complexity index is 1240. The van der Waals surface area contributed by atoms with Gasteiger partial charge in [0.2, 0.25) is 0 Å². The van der Waals surface area contributed by atoms with Gasteiger partial charge in [-0.3, -0.25) is 9.52 Å². The fraction of sp³-hybridized carbons (Fsp3) is 0.0952. The molecule has 7 nitrogen and oxygen atoms in total. The minimum atomic E-state index is -4.09. The summed E-state index contributed by atoms with van der Waals surface area (Å²) in [6.45, 7) is 1.95. The Morgan fingerprint density at radius 1 is 1.07 bits per heavy atom. The number of fused-ring (bicyclic) bond motifs is 2. The van der Waals surface area contributed by atoms with Crippen molar-refractivity contribution >= 4 is 27.3 Å². The summed E-state index contributed by atoms with van der Waals surface area (Å²) >= 11 is 0. The number of carbonyl (C=O) groups is 1. The van der Waals surface area contributed by atoms with Gasteiger partial charge in [0.15, 0.2) is 17.3 Å². The maximum absolute atomic E-state index is 14.1. The lowest BCUT2D eigenvalue weighted by Gasteiger charge is -2.12. The molecule has 1 aliphatic rings. The van der Waals surface area contributed by atoms with Gasteiger partial charge in [-0.05, 0) is 55.5 Å². The van der Waals surface area contributed by atoms with E-state index in [-0.39, 0.29) is 34.3 Å². The molecule has 0 aromatic heterocycles. The van der Waals surface area contributed by atoms with Gasteiger partial charge in [0.05, 0.1) is 22.8 Å². The Morgan fingerprint density at radius 2 is 1.87 bits per heavy atom. The van der Waals surface area contributed by atoms with Crippen LogP contribution in [0.2, 0.25) is 0 Å². The van der Waals surface area contributed by atoms with Crippen LogP contribution in [-0.2, 0) is 10.0 Å². The van der Waals surface area contributed by atoms with Crippen LogP contribution in [0.4, 0.5) is 15.8 Å². The third-order valence-electron chi connectivity index (χ3n) is 4.35. The maximum Gasteiger partial charge on any atom is 0.262 e. The molecule has 0 atom stereocenters. The summed E-state index contributed by atoms with van der Waals surface area (Å²) < 4.78 is 52.6. The highest BCUT2D eigenvalue weighted by molar-refractivity contribution is 7.92. The van der Waals surface area contributed by atoms with E-state index in [1.165, 1.54) is 30.3 Å². The van der Waals surface area contributed by atoms with E-state index >= 15 is 0 Å². The molecule has 0 saturated carbocycles. The number of halogens is 1. The molecule has 1 heterocycles. The molecule has 2 N–H and O–H groups in total. The van der Waals surface area contributed by atoms with E-state index < -0.39 is 21.7 Å². The summed E-state index contributed by atoms with van der Waals surface area (Å²) in [7, 11) is -4.09. The van der Waals surface area contributed by atoms with Crippen LogP contribution in [-0.4, -0.2) is 20.9 Å². The third kappa shape index (κ3) is 3.79. The van der Waals surface area contributed by atoms with E-state index in [4.69, 9.17) is 9.47 Å².